The van der Waals surface area contributed by atoms with E-state index >= 15 is 0 Å². The van der Waals surface area contributed by atoms with Crippen LogP contribution in [0.1, 0.15) is 26.5 Å². The van der Waals surface area contributed by atoms with Gasteiger partial charge in [-0.1, -0.05) is 31.2 Å². The number of hydrogen-bond donors (Lipinski definition) is 1. The van der Waals surface area contributed by atoms with E-state index < -0.39 is 6.23 Å². The van der Waals surface area contributed by atoms with E-state index in [4.69, 9.17) is 4.52 Å². The van der Waals surface area contributed by atoms with Crippen LogP contribution in [0, 0.1) is 0 Å². The van der Waals surface area contributed by atoms with E-state index in [1.165, 1.54) is 9.80 Å². The predicted octanol–water partition coefficient (Wildman–Crippen LogP) is 2.27. The highest BCUT2D eigenvalue weighted by Gasteiger charge is 2.44. The highest BCUT2D eigenvalue weighted by Crippen LogP contribution is 2.32. The first-order valence-electron chi connectivity index (χ1n) is 6.83. The summed E-state index contributed by atoms with van der Waals surface area (Å²) in [4.78, 5) is 15.1. The van der Waals surface area contributed by atoms with E-state index in [-0.39, 0.29) is 23.4 Å². The Morgan fingerprint density at radius 1 is 1.52 bits per heavy atom. The first-order chi connectivity index (χ1) is 9.83. The molecule has 1 fully saturated rings. The lowest BCUT2D eigenvalue weighted by Crippen LogP contribution is -2.35. The highest BCUT2D eigenvalue weighted by atomic mass is 16.5. The summed E-state index contributed by atoms with van der Waals surface area (Å²) in [7, 11) is 0. The van der Waals surface area contributed by atoms with Crippen molar-refractivity contribution in [2.24, 2.45) is 0 Å². The number of hydrogen-bond acceptors (Lipinski definition) is 4. The van der Waals surface area contributed by atoms with Gasteiger partial charge in [-0.3, -0.25) is 0 Å². The van der Waals surface area contributed by atoms with Crippen LogP contribution in [0.15, 0.2) is 35.9 Å². The van der Waals surface area contributed by atoms with Crippen molar-refractivity contribution in [1.82, 2.24) is 10.1 Å². The van der Waals surface area contributed by atoms with Gasteiger partial charge in [0.25, 0.3) is 0 Å². The number of urea groups is 1. The minimum absolute atomic E-state index is 0.232. The van der Waals surface area contributed by atoms with Crippen molar-refractivity contribution in [1.29, 1.82) is 0 Å². The molecule has 1 aromatic rings. The summed E-state index contributed by atoms with van der Waals surface area (Å²) >= 11 is 0. The molecule has 1 aliphatic rings. The van der Waals surface area contributed by atoms with Crippen LogP contribution in [0.2, 0.25) is 0 Å². The molecule has 114 valence electrons. The third-order valence-corrected chi connectivity index (χ3v) is 3.87. The second-order valence-electron chi connectivity index (χ2n) is 5.72. The first kappa shape index (κ1) is 15.3. The van der Waals surface area contributed by atoms with Crippen LogP contribution in [-0.4, -0.2) is 40.0 Å². The van der Waals surface area contributed by atoms with Gasteiger partial charge in [-0.15, -0.1) is 13.2 Å². The molecule has 2 heterocycles. The molecule has 2 amide bonds. The molecule has 2 rings (SSSR count). The van der Waals surface area contributed by atoms with Crippen molar-refractivity contribution in [3.63, 3.8) is 0 Å². The van der Waals surface area contributed by atoms with Crippen LogP contribution >= 0.6 is 0 Å². The van der Waals surface area contributed by atoms with Crippen molar-refractivity contribution < 1.29 is 14.4 Å². The van der Waals surface area contributed by atoms with Gasteiger partial charge in [0, 0.05) is 18.0 Å². The van der Waals surface area contributed by atoms with Crippen LogP contribution < -0.4 is 4.90 Å². The topological polar surface area (TPSA) is 69.8 Å². The predicted molar refractivity (Wildman–Crippen MR) is 80.0 cm³/mol. The molecule has 1 saturated heterocycles. The second kappa shape index (κ2) is 5.37. The number of aliphatic hydroxyl groups is 1. The summed E-state index contributed by atoms with van der Waals surface area (Å²) in [5, 5.41) is 14.2. The van der Waals surface area contributed by atoms with Crippen LogP contribution in [0.3, 0.4) is 0 Å². The Kier molecular flexibility index (Phi) is 3.91. The molecule has 1 aromatic heterocycles. The summed E-state index contributed by atoms with van der Waals surface area (Å²) in [5.74, 6) is 0.232. The van der Waals surface area contributed by atoms with Gasteiger partial charge < -0.3 is 14.5 Å². The van der Waals surface area contributed by atoms with Crippen molar-refractivity contribution in [2.45, 2.75) is 38.5 Å². The molecule has 21 heavy (non-hydrogen) atoms. The second-order valence-corrected chi connectivity index (χ2v) is 5.72. The Balaban J connectivity index is 2.32. The van der Waals surface area contributed by atoms with Crippen molar-refractivity contribution in [3.05, 3.63) is 37.1 Å². The van der Waals surface area contributed by atoms with E-state index in [1.54, 1.807) is 25.1 Å². The lowest BCUT2D eigenvalue weighted by Gasteiger charge is -2.17. The van der Waals surface area contributed by atoms with Gasteiger partial charge in [-0.2, -0.15) is 0 Å². The quantitative estimate of drug-likeness (QED) is 0.845. The molecule has 2 unspecified atom stereocenters. The van der Waals surface area contributed by atoms with Gasteiger partial charge in [-0.05, 0) is 6.92 Å². The molecular formula is C15H21N3O3. The minimum atomic E-state index is -0.981. The largest absolute Gasteiger partial charge is 0.371 e. The zero-order valence-corrected chi connectivity index (χ0v) is 12.6. The molecule has 0 saturated carbocycles. The Morgan fingerprint density at radius 3 is 2.76 bits per heavy atom. The van der Waals surface area contributed by atoms with Crippen molar-refractivity contribution in [3.8, 4) is 0 Å². The highest BCUT2D eigenvalue weighted by molar-refractivity contribution is 5.94. The maximum atomic E-state index is 12.4. The Morgan fingerprint density at radius 2 is 2.19 bits per heavy atom. The maximum Gasteiger partial charge on any atom is 0.329 e. The molecule has 0 bridgehead atoms. The third-order valence-electron chi connectivity index (χ3n) is 3.87. The zero-order valence-electron chi connectivity index (χ0n) is 12.6. The number of anilines is 1. The molecule has 0 aromatic carbocycles. The van der Waals surface area contributed by atoms with E-state index in [0.717, 1.165) is 0 Å². The summed E-state index contributed by atoms with van der Waals surface area (Å²) in [6, 6.07) is 0.984. The molecule has 6 heteroatoms. The number of allylic oxidation sites excluding steroid dienone is 1. The fourth-order valence-electron chi connectivity index (χ4n) is 2.20. The van der Waals surface area contributed by atoms with Crippen LogP contribution in [0.4, 0.5) is 10.7 Å². The van der Waals surface area contributed by atoms with Gasteiger partial charge >= 0.3 is 6.03 Å². The maximum absolute atomic E-state index is 12.4. The average molecular weight is 291 g/mol. The number of rotatable bonds is 5. The van der Waals surface area contributed by atoms with Crippen LogP contribution in [0.5, 0.6) is 0 Å². The molecule has 0 aliphatic carbocycles. The number of carbonyl (C=O) groups is 1. The van der Waals surface area contributed by atoms with E-state index in [2.05, 4.69) is 18.3 Å². The molecular weight excluding hydrogens is 270 g/mol. The average Bonchev–Trinajstić information content (AvgIpc) is 3.00. The van der Waals surface area contributed by atoms with Gasteiger partial charge in [0.15, 0.2) is 6.23 Å². The molecule has 6 nitrogen and oxygen atoms in total. The Hall–Kier alpha value is -2.08. The number of aliphatic hydroxyl groups excluding tert-OH is 1. The standard InChI is InChI=1S/C15H21N3O3/c1-6-8-17-10(3)13(19)18(14(17)20)12-9-11(16-21-12)15(4,5)7-2/h6-7,9-10,13,19H,1-2,8H2,3-5H3. The van der Waals surface area contributed by atoms with Gasteiger partial charge in [-0.25, -0.2) is 9.69 Å². The Bertz CT molecular complexity index is 564. The van der Waals surface area contributed by atoms with Gasteiger partial charge in [0.05, 0.1) is 11.7 Å². The molecule has 2 atom stereocenters. The summed E-state index contributed by atoms with van der Waals surface area (Å²) in [6.07, 6.45) is 2.39. The number of aromatic nitrogens is 1. The van der Waals surface area contributed by atoms with E-state index in [9.17, 15) is 9.90 Å². The zero-order chi connectivity index (χ0) is 15.8. The summed E-state index contributed by atoms with van der Waals surface area (Å²) < 4.78 is 5.25. The Labute approximate surface area is 124 Å². The SMILES string of the molecule is C=CCN1C(=O)N(c2cc(C(C)(C)C=C)no2)C(O)C1C. The first-order valence-corrected chi connectivity index (χ1v) is 6.83. The summed E-state index contributed by atoms with van der Waals surface area (Å²) in [5.41, 5.74) is 0.282. The number of amides is 2. The molecule has 1 N–H and O–H groups in total. The minimum Gasteiger partial charge on any atom is -0.371 e. The van der Waals surface area contributed by atoms with Crippen molar-refractivity contribution >= 4 is 11.9 Å². The van der Waals surface area contributed by atoms with Gasteiger partial charge in [0.2, 0.25) is 5.88 Å². The number of carbonyl (C=O) groups excluding carboxylic acids is 1. The lowest BCUT2D eigenvalue weighted by molar-refractivity contribution is 0.130. The molecule has 0 radical (unpaired) electrons. The lowest BCUT2D eigenvalue weighted by atomic mass is 9.90. The number of nitrogens with zero attached hydrogens (tertiary/aromatic N) is 3. The van der Waals surface area contributed by atoms with Crippen LogP contribution in [0.25, 0.3) is 0 Å². The fraction of sp³-hybridized carbons (Fsp3) is 0.467. The smallest absolute Gasteiger partial charge is 0.329 e. The molecule has 0 spiro atoms. The third kappa shape index (κ3) is 2.47. The van der Waals surface area contributed by atoms with Gasteiger partial charge in [0.1, 0.15) is 0 Å². The van der Waals surface area contributed by atoms with Crippen molar-refractivity contribution in [2.75, 3.05) is 11.4 Å². The molecule has 1 aliphatic heterocycles. The van der Waals surface area contributed by atoms with Crippen LogP contribution in [-0.2, 0) is 5.41 Å². The monoisotopic (exact) mass is 291 g/mol. The van der Waals surface area contributed by atoms with E-state index in [0.29, 0.717) is 12.2 Å². The fourth-order valence-corrected chi connectivity index (χ4v) is 2.20. The normalized spacial score (nSPS) is 22.8. The van der Waals surface area contributed by atoms with E-state index in [1.807, 2.05) is 13.8 Å². The summed E-state index contributed by atoms with van der Waals surface area (Å²) in [6.45, 7) is 13.4.